The Labute approximate surface area is 293 Å². The van der Waals surface area contributed by atoms with Crippen LogP contribution in [-0.4, -0.2) is 35.0 Å². The zero-order valence-corrected chi connectivity index (χ0v) is 27.9. The van der Waals surface area contributed by atoms with E-state index in [1.165, 1.54) is 0 Å². The third-order valence-electron chi connectivity index (χ3n) is 10.1. The van der Waals surface area contributed by atoms with Crippen molar-refractivity contribution < 1.29 is 4.79 Å². The van der Waals surface area contributed by atoms with Gasteiger partial charge in [-0.3, -0.25) is 9.36 Å². The molecule has 3 aromatic heterocycles. The van der Waals surface area contributed by atoms with Crippen molar-refractivity contribution in [1.82, 2.24) is 29.1 Å². The smallest absolute Gasteiger partial charge is 0.266 e. The van der Waals surface area contributed by atoms with Crippen LogP contribution in [0.3, 0.4) is 0 Å². The van der Waals surface area contributed by atoms with E-state index in [0.29, 0.717) is 23.0 Å². The summed E-state index contributed by atoms with van der Waals surface area (Å²) in [5, 5.41) is 2.09. The van der Waals surface area contributed by atoms with E-state index in [-0.39, 0.29) is 5.91 Å². The largest absolute Gasteiger partial charge is 0.308 e. The van der Waals surface area contributed by atoms with Crippen molar-refractivity contribution in [3.05, 3.63) is 163 Å². The number of imidazole rings is 1. The first-order valence-electron chi connectivity index (χ1n) is 17.0. The van der Waals surface area contributed by atoms with E-state index in [0.717, 1.165) is 66.6 Å². The van der Waals surface area contributed by atoms with Crippen LogP contribution in [0, 0.1) is 0 Å². The zero-order valence-electron chi connectivity index (χ0n) is 27.9. The first-order valence-corrected chi connectivity index (χ1v) is 17.0. The average Bonchev–Trinajstić information content (AvgIpc) is 3.75. The highest BCUT2D eigenvalue weighted by molar-refractivity contribution is 6.19. The van der Waals surface area contributed by atoms with Gasteiger partial charge in [0, 0.05) is 38.6 Å². The maximum absolute atomic E-state index is 14.9. The van der Waals surface area contributed by atoms with Crippen molar-refractivity contribution in [3.63, 3.8) is 0 Å². The predicted octanol–water partition coefficient (Wildman–Crippen LogP) is 9.65. The number of nitrogens with zero attached hydrogens (tertiary/aromatic N) is 6. The number of aromatic nitrogens is 6. The van der Waals surface area contributed by atoms with Crippen molar-refractivity contribution in [1.29, 1.82) is 0 Å². The van der Waals surface area contributed by atoms with Gasteiger partial charge in [-0.25, -0.2) is 19.9 Å². The standard InChI is InChI=1S/C44H30N6O/c1-44(2)33-25-24-32-31-20-9-11-22-35(31)49(38(32)37(33)42(51)50-36-23-12-10-21-34(36)45-43(44)50)30-19-13-18-29(26-30)41-47-39(27-14-5-3-6-15-27)46-40(48-41)28-16-7-4-8-17-28/h3-26H,1-2H3. The number of carbonyl (C=O) groups excluding carboxylic acids is 1. The molecule has 0 spiro atoms. The molecule has 0 fully saturated rings. The molecule has 0 unspecified atom stereocenters. The minimum absolute atomic E-state index is 0.0729. The van der Waals surface area contributed by atoms with E-state index >= 15 is 0 Å². The lowest BCUT2D eigenvalue weighted by molar-refractivity contribution is 0.0949. The molecule has 0 bridgehead atoms. The Bertz CT molecular complexity index is 2790. The number of hydrogen-bond acceptors (Lipinski definition) is 5. The molecule has 0 aliphatic carbocycles. The molecule has 0 atom stereocenters. The second kappa shape index (κ2) is 10.9. The zero-order chi connectivity index (χ0) is 34.3. The van der Waals surface area contributed by atoms with E-state index in [1.807, 2.05) is 108 Å². The summed E-state index contributed by atoms with van der Waals surface area (Å²) in [5.74, 6) is 2.46. The molecule has 242 valence electrons. The molecule has 1 aliphatic rings. The fraction of sp³-hybridized carbons (Fsp3) is 0.0682. The third-order valence-corrected chi connectivity index (χ3v) is 10.1. The van der Waals surface area contributed by atoms with Gasteiger partial charge in [0.2, 0.25) is 0 Å². The Morgan fingerprint density at radius 1 is 0.510 bits per heavy atom. The average molecular weight is 659 g/mol. The van der Waals surface area contributed by atoms with Crippen LogP contribution in [0.2, 0.25) is 0 Å². The van der Waals surface area contributed by atoms with Crippen LogP contribution in [0.4, 0.5) is 0 Å². The second-order valence-electron chi connectivity index (χ2n) is 13.5. The summed E-state index contributed by atoms with van der Waals surface area (Å²) in [6.45, 7) is 4.32. The van der Waals surface area contributed by atoms with Crippen molar-refractivity contribution in [2.75, 3.05) is 0 Å². The van der Waals surface area contributed by atoms with Crippen LogP contribution < -0.4 is 0 Å². The monoisotopic (exact) mass is 658 g/mol. The van der Waals surface area contributed by atoms with Gasteiger partial charge < -0.3 is 4.57 Å². The summed E-state index contributed by atoms with van der Waals surface area (Å²) in [5.41, 5.74) is 8.21. The van der Waals surface area contributed by atoms with Gasteiger partial charge in [0.25, 0.3) is 5.91 Å². The molecule has 7 heteroatoms. The minimum Gasteiger partial charge on any atom is -0.308 e. The second-order valence-corrected chi connectivity index (χ2v) is 13.5. The molecular formula is C44H30N6O. The van der Waals surface area contributed by atoms with Gasteiger partial charge in [0.1, 0.15) is 5.82 Å². The maximum atomic E-state index is 14.9. The van der Waals surface area contributed by atoms with Crippen molar-refractivity contribution in [2.24, 2.45) is 0 Å². The van der Waals surface area contributed by atoms with Crippen LogP contribution in [-0.2, 0) is 5.41 Å². The quantitative estimate of drug-likeness (QED) is 0.188. The summed E-state index contributed by atoms with van der Waals surface area (Å²) in [4.78, 5) is 34.7. The normalized spacial score (nSPS) is 13.5. The minimum atomic E-state index is -0.522. The highest BCUT2D eigenvalue weighted by Crippen LogP contribution is 2.45. The Balaban J connectivity index is 1.23. The van der Waals surface area contributed by atoms with E-state index in [2.05, 4.69) is 60.9 Å². The molecule has 4 heterocycles. The lowest BCUT2D eigenvalue weighted by atomic mass is 9.77. The van der Waals surface area contributed by atoms with Crippen LogP contribution in [0.1, 0.15) is 35.6 Å². The Hall–Kier alpha value is -6.73. The molecule has 9 aromatic rings. The number of carbonyl (C=O) groups is 1. The topological polar surface area (TPSA) is 78.5 Å². The molecule has 0 N–H and O–H groups in total. The molecule has 51 heavy (non-hydrogen) atoms. The van der Waals surface area contributed by atoms with E-state index in [9.17, 15) is 4.79 Å². The Kier molecular flexibility index (Phi) is 6.24. The Morgan fingerprint density at radius 3 is 1.80 bits per heavy atom. The molecule has 10 rings (SSSR count). The molecule has 0 amide bonds. The van der Waals surface area contributed by atoms with Crippen LogP contribution in [0.15, 0.2) is 146 Å². The van der Waals surface area contributed by atoms with Gasteiger partial charge in [-0.2, -0.15) is 0 Å². The molecule has 0 saturated heterocycles. The van der Waals surface area contributed by atoms with E-state index in [1.54, 1.807) is 0 Å². The van der Waals surface area contributed by atoms with Crippen LogP contribution in [0.5, 0.6) is 0 Å². The third kappa shape index (κ3) is 4.34. The fourth-order valence-corrected chi connectivity index (χ4v) is 7.67. The highest BCUT2D eigenvalue weighted by atomic mass is 16.2. The lowest BCUT2D eigenvalue weighted by Gasteiger charge is -2.32. The van der Waals surface area contributed by atoms with Crippen LogP contribution >= 0.6 is 0 Å². The van der Waals surface area contributed by atoms with Crippen LogP contribution in [0.25, 0.3) is 72.7 Å². The SMILES string of the molecule is CC1(C)c2ccc3c4ccccc4n(-c4cccc(-c5nc(-c6ccccc6)nc(-c6ccccc6)n5)c4)c3c2C(=O)n2c1nc1ccccc12. The molecule has 0 saturated carbocycles. The summed E-state index contributed by atoms with van der Waals surface area (Å²) < 4.78 is 4.04. The van der Waals surface area contributed by atoms with Gasteiger partial charge in [0.15, 0.2) is 17.5 Å². The number of fused-ring (bicyclic) bond motifs is 8. The molecule has 6 aromatic carbocycles. The van der Waals surface area contributed by atoms with Gasteiger partial charge in [0.05, 0.1) is 27.6 Å². The maximum Gasteiger partial charge on any atom is 0.266 e. The number of benzene rings is 6. The predicted molar refractivity (Wildman–Crippen MR) is 202 cm³/mol. The van der Waals surface area contributed by atoms with Crippen molar-refractivity contribution >= 4 is 38.7 Å². The van der Waals surface area contributed by atoms with Gasteiger partial charge >= 0.3 is 0 Å². The lowest BCUT2D eigenvalue weighted by Crippen LogP contribution is -2.35. The molecule has 0 radical (unpaired) electrons. The summed E-state index contributed by atoms with van der Waals surface area (Å²) in [6, 6.07) is 48.7. The fourth-order valence-electron chi connectivity index (χ4n) is 7.67. The van der Waals surface area contributed by atoms with Crippen molar-refractivity contribution in [2.45, 2.75) is 19.3 Å². The van der Waals surface area contributed by atoms with Gasteiger partial charge in [-0.1, -0.05) is 115 Å². The highest BCUT2D eigenvalue weighted by Gasteiger charge is 2.41. The molecular weight excluding hydrogens is 629 g/mol. The van der Waals surface area contributed by atoms with Gasteiger partial charge in [-0.15, -0.1) is 0 Å². The summed E-state index contributed by atoms with van der Waals surface area (Å²) >= 11 is 0. The first kappa shape index (κ1) is 29.2. The molecule has 7 nitrogen and oxygen atoms in total. The van der Waals surface area contributed by atoms with E-state index < -0.39 is 5.41 Å². The summed E-state index contributed by atoms with van der Waals surface area (Å²) in [7, 11) is 0. The first-order chi connectivity index (χ1) is 25.0. The number of para-hydroxylation sites is 3. The summed E-state index contributed by atoms with van der Waals surface area (Å²) in [6.07, 6.45) is 0. The number of hydrogen-bond donors (Lipinski definition) is 0. The Morgan fingerprint density at radius 2 is 1.10 bits per heavy atom. The van der Waals surface area contributed by atoms with Gasteiger partial charge in [-0.05, 0) is 49.7 Å². The van der Waals surface area contributed by atoms with E-state index in [4.69, 9.17) is 19.9 Å². The molecule has 1 aliphatic heterocycles. The van der Waals surface area contributed by atoms with Crippen molar-refractivity contribution in [3.8, 4) is 39.9 Å². The number of rotatable bonds is 4.